The SMILES string of the molecule is CCOC(C)[N+](C)(C)C(C)C.F[P-](F)(F)(F)(F)F. The van der Waals surface area contributed by atoms with Crippen LogP contribution in [0.1, 0.15) is 27.7 Å². The van der Waals surface area contributed by atoms with Gasteiger partial charge in [-0.15, -0.1) is 0 Å². The Balaban J connectivity index is 0. The molecular weight excluding hydrogens is 283 g/mol. The van der Waals surface area contributed by atoms with Crippen molar-refractivity contribution in [1.29, 1.82) is 0 Å². The van der Waals surface area contributed by atoms with Crippen LogP contribution < -0.4 is 0 Å². The van der Waals surface area contributed by atoms with Crippen molar-refractivity contribution in [3.8, 4) is 0 Å². The summed E-state index contributed by atoms with van der Waals surface area (Å²) in [6, 6.07) is 0.608. The molecule has 0 amide bonds. The van der Waals surface area contributed by atoms with E-state index in [-0.39, 0.29) is 0 Å². The molecule has 0 spiro atoms. The van der Waals surface area contributed by atoms with E-state index >= 15 is 0 Å². The van der Waals surface area contributed by atoms with Crippen LogP contribution in [-0.4, -0.2) is 37.5 Å². The Bertz CT molecular complexity index is 248. The van der Waals surface area contributed by atoms with E-state index in [1.54, 1.807) is 0 Å². The van der Waals surface area contributed by atoms with Gasteiger partial charge in [0, 0.05) is 6.92 Å². The Morgan fingerprint density at radius 3 is 1.39 bits per heavy atom. The van der Waals surface area contributed by atoms with E-state index in [1.165, 1.54) is 0 Å². The summed E-state index contributed by atoms with van der Waals surface area (Å²) in [5.41, 5.74) is 0. The predicted molar refractivity (Wildman–Crippen MR) is 61.9 cm³/mol. The molecule has 0 bridgehead atoms. The van der Waals surface area contributed by atoms with Gasteiger partial charge in [-0.3, -0.25) is 0 Å². The van der Waals surface area contributed by atoms with E-state index in [4.69, 9.17) is 4.74 Å². The summed E-state index contributed by atoms with van der Waals surface area (Å²) < 4.78 is 65.7. The first-order valence-electron chi connectivity index (χ1n) is 5.39. The van der Waals surface area contributed by atoms with Crippen LogP contribution in [0.15, 0.2) is 0 Å². The quantitative estimate of drug-likeness (QED) is 0.299. The van der Waals surface area contributed by atoms with E-state index in [0.717, 1.165) is 11.1 Å². The van der Waals surface area contributed by atoms with Crippen molar-refractivity contribution in [1.82, 2.24) is 0 Å². The average Bonchev–Trinajstić information content (AvgIpc) is 1.98. The minimum absolute atomic E-state index is 0.292. The standard InChI is InChI=1S/C9H22NO.F6P/c1-7-11-9(4)10(5,6)8(2)3;1-7(2,3,4,5)6/h8-9H,7H2,1-6H3;/q+1;-1. The van der Waals surface area contributed by atoms with Crippen LogP contribution in [0, 0.1) is 0 Å². The van der Waals surface area contributed by atoms with E-state index in [1.807, 2.05) is 6.92 Å². The molecule has 2 nitrogen and oxygen atoms in total. The molecule has 0 aromatic heterocycles. The third-order valence-corrected chi connectivity index (χ3v) is 2.68. The van der Waals surface area contributed by atoms with Gasteiger partial charge in [-0.1, -0.05) is 0 Å². The second kappa shape index (κ2) is 5.13. The molecule has 0 aliphatic heterocycles. The van der Waals surface area contributed by atoms with Gasteiger partial charge in [0.15, 0.2) is 6.23 Å². The van der Waals surface area contributed by atoms with Gasteiger partial charge in [-0.05, 0) is 20.8 Å². The van der Waals surface area contributed by atoms with Crippen molar-refractivity contribution < 1.29 is 34.4 Å². The molecule has 0 saturated heterocycles. The van der Waals surface area contributed by atoms with Crippen molar-refractivity contribution in [2.45, 2.75) is 40.0 Å². The molecule has 1 unspecified atom stereocenters. The molecule has 0 rings (SSSR count). The number of rotatable bonds is 4. The summed E-state index contributed by atoms with van der Waals surface area (Å²) in [6.45, 7) is 9.40. The summed E-state index contributed by atoms with van der Waals surface area (Å²) in [5.74, 6) is 0. The van der Waals surface area contributed by atoms with Gasteiger partial charge < -0.3 is 9.22 Å². The third kappa shape index (κ3) is 15.9. The summed E-state index contributed by atoms with van der Waals surface area (Å²) in [7, 11) is -6.26. The predicted octanol–water partition coefficient (Wildman–Crippen LogP) is 5.24. The maximum absolute atomic E-state index is 10.7. The molecular formula is C9H22F6NOP. The molecule has 116 valence electrons. The zero-order valence-corrected chi connectivity index (χ0v) is 12.3. The van der Waals surface area contributed by atoms with Crippen molar-refractivity contribution >= 4 is 7.81 Å². The van der Waals surface area contributed by atoms with Crippen molar-refractivity contribution in [2.75, 3.05) is 20.7 Å². The average molecular weight is 305 g/mol. The van der Waals surface area contributed by atoms with Crippen LogP contribution in [0.3, 0.4) is 0 Å². The van der Waals surface area contributed by atoms with Crippen LogP contribution in [0.2, 0.25) is 0 Å². The maximum atomic E-state index is 9.87. The summed E-state index contributed by atoms with van der Waals surface area (Å²) in [5, 5.41) is 0. The summed E-state index contributed by atoms with van der Waals surface area (Å²) in [6.07, 6.45) is 0.292. The summed E-state index contributed by atoms with van der Waals surface area (Å²) >= 11 is 0. The second-order valence-electron chi connectivity index (χ2n) is 4.74. The van der Waals surface area contributed by atoms with Crippen LogP contribution >= 0.6 is 7.81 Å². The van der Waals surface area contributed by atoms with Crippen LogP contribution in [0.4, 0.5) is 25.2 Å². The van der Waals surface area contributed by atoms with Gasteiger partial charge in [0.2, 0.25) is 0 Å². The fraction of sp³-hybridized carbons (Fsp3) is 1.00. The molecule has 18 heavy (non-hydrogen) atoms. The van der Waals surface area contributed by atoms with Crippen LogP contribution in [0.5, 0.6) is 0 Å². The molecule has 0 aromatic rings. The summed E-state index contributed by atoms with van der Waals surface area (Å²) in [4.78, 5) is 0. The number of ether oxygens (including phenoxy) is 1. The Morgan fingerprint density at radius 2 is 1.22 bits per heavy atom. The van der Waals surface area contributed by atoms with E-state index in [0.29, 0.717) is 12.3 Å². The number of nitrogens with zero attached hydrogens (tertiary/aromatic N) is 1. The molecule has 0 radical (unpaired) electrons. The molecule has 0 aliphatic carbocycles. The van der Waals surface area contributed by atoms with E-state index < -0.39 is 7.81 Å². The molecule has 0 heterocycles. The van der Waals surface area contributed by atoms with Crippen LogP contribution in [0.25, 0.3) is 0 Å². The number of hydrogen-bond acceptors (Lipinski definition) is 1. The zero-order valence-electron chi connectivity index (χ0n) is 11.4. The zero-order chi connectivity index (χ0) is 15.5. The fourth-order valence-corrected chi connectivity index (χ4v) is 0.853. The molecule has 9 heteroatoms. The Morgan fingerprint density at radius 1 is 0.944 bits per heavy atom. The molecule has 0 saturated carbocycles. The van der Waals surface area contributed by atoms with Gasteiger partial charge in [0.05, 0.1) is 26.7 Å². The Hall–Kier alpha value is -0.0700. The Kier molecular flexibility index (Phi) is 5.78. The van der Waals surface area contributed by atoms with Gasteiger partial charge in [-0.25, -0.2) is 0 Å². The molecule has 0 aliphatic rings. The monoisotopic (exact) mass is 305 g/mol. The van der Waals surface area contributed by atoms with Gasteiger partial charge >= 0.3 is 33.0 Å². The number of halogens is 6. The van der Waals surface area contributed by atoms with Gasteiger partial charge in [0.25, 0.3) is 0 Å². The fourth-order valence-electron chi connectivity index (χ4n) is 0.853. The number of quaternary nitrogens is 1. The Labute approximate surface area is 104 Å². The molecule has 0 aromatic carbocycles. The van der Waals surface area contributed by atoms with Crippen LogP contribution in [-0.2, 0) is 4.74 Å². The topological polar surface area (TPSA) is 9.23 Å². The van der Waals surface area contributed by atoms with Gasteiger partial charge in [-0.2, -0.15) is 0 Å². The number of hydrogen-bond donors (Lipinski definition) is 0. The third-order valence-electron chi connectivity index (χ3n) is 2.68. The first-order chi connectivity index (χ1) is 7.37. The molecule has 1 atom stereocenters. The normalized spacial score (nSPS) is 18.5. The van der Waals surface area contributed by atoms with Gasteiger partial charge in [0.1, 0.15) is 0 Å². The first kappa shape index (κ1) is 20.3. The molecule has 0 fully saturated rings. The van der Waals surface area contributed by atoms with Crippen molar-refractivity contribution in [2.24, 2.45) is 0 Å². The second-order valence-corrected chi connectivity index (χ2v) is 6.65. The van der Waals surface area contributed by atoms with E-state index in [9.17, 15) is 25.2 Å². The first-order valence-corrected chi connectivity index (χ1v) is 7.42. The minimum atomic E-state index is -10.7. The molecule has 0 N–H and O–H groups in total. The van der Waals surface area contributed by atoms with E-state index in [2.05, 4.69) is 34.9 Å². The van der Waals surface area contributed by atoms with Crippen molar-refractivity contribution in [3.05, 3.63) is 0 Å². The van der Waals surface area contributed by atoms with Crippen molar-refractivity contribution in [3.63, 3.8) is 0 Å².